The van der Waals surface area contributed by atoms with Crippen molar-refractivity contribution in [3.05, 3.63) is 71.5 Å². The summed E-state index contributed by atoms with van der Waals surface area (Å²) in [5.74, 6) is 0.903. The number of methoxy groups -OCH3 is 3. The van der Waals surface area contributed by atoms with Crippen LogP contribution in [-0.2, 0) is 4.79 Å². The number of aliphatic hydroxyl groups is 1. The van der Waals surface area contributed by atoms with E-state index in [9.17, 15) is 15.0 Å². The minimum atomic E-state index is -0.380. The third-order valence-corrected chi connectivity index (χ3v) is 3.79. The Balaban J connectivity index is 2.05. The summed E-state index contributed by atoms with van der Waals surface area (Å²) in [5, 5.41) is 19.6. The maximum Gasteiger partial charge on any atom is 0.182 e. The van der Waals surface area contributed by atoms with Gasteiger partial charge in [-0.1, -0.05) is 24.3 Å². The van der Waals surface area contributed by atoms with Crippen molar-refractivity contribution >= 4 is 17.9 Å². The Morgan fingerprint density at radius 2 is 1.39 bits per heavy atom. The van der Waals surface area contributed by atoms with Crippen molar-refractivity contribution in [2.24, 2.45) is 0 Å². The van der Waals surface area contributed by atoms with Gasteiger partial charge in [0, 0.05) is 6.08 Å². The minimum absolute atomic E-state index is 0.0120. The molecule has 2 rings (SSSR count). The zero-order valence-electron chi connectivity index (χ0n) is 15.9. The third kappa shape index (κ3) is 5.67. The summed E-state index contributed by atoms with van der Waals surface area (Å²) in [7, 11) is 4.54. The van der Waals surface area contributed by atoms with Gasteiger partial charge in [0.1, 0.15) is 5.76 Å². The van der Waals surface area contributed by atoms with Gasteiger partial charge in [0.15, 0.2) is 28.8 Å². The number of benzene rings is 2. The van der Waals surface area contributed by atoms with Crippen LogP contribution in [0.5, 0.6) is 23.0 Å². The number of phenols is 1. The predicted molar refractivity (Wildman–Crippen MR) is 108 cm³/mol. The Morgan fingerprint density at radius 1 is 0.821 bits per heavy atom. The number of rotatable bonds is 8. The molecule has 0 atom stereocenters. The molecule has 146 valence electrons. The number of carbonyl (C=O) groups excluding carboxylic acids is 1. The molecule has 0 saturated heterocycles. The molecule has 0 bridgehead atoms. The zero-order chi connectivity index (χ0) is 20.5. The Morgan fingerprint density at radius 3 is 2.00 bits per heavy atom. The topological polar surface area (TPSA) is 85.2 Å². The van der Waals surface area contributed by atoms with E-state index in [-0.39, 0.29) is 17.3 Å². The van der Waals surface area contributed by atoms with Crippen LogP contribution in [0, 0.1) is 0 Å². The summed E-state index contributed by atoms with van der Waals surface area (Å²) in [4.78, 5) is 12.0. The number of allylic oxidation sites excluding steroid dienone is 3. The van der Waals surface area contributed by atoms with Crippen LogP contribution < -0.4 is 14.2 Å². The Bertz CT molecular complexity index is 925. The van der Waals surface area contributed by atoms with Gasteiger partial charge < -0.3 is 24.4 Å². The number of hydrogen-bond donors (Lipinski definition) is 2. The average molecular weight is 382 g/mol. The second-order valence-corrected chi connectivity index (χ2v) is 5.68. The predicted octanol–water partition coefficient (Wildman–Crippen LogP) is 4.16. The number of aliphatic hydroxyl groups excluding tert-OH is 1. The van der Waals surface area contributed by atoms with Crippen molar-refractivity contribution in [2.45, 2.75) is 0 Å². The van der Waals surface area contributed by atoms with Crippen LogP contribution in [0.4, 0.5) is 0 Å². The fraction of sp³-hybridized carbons (Fsp3) is 0.136. The van der Waals surface area contributed by atoms with E-state index < -0.39 is 0 Å². The van der Waals surface area contributed by atoms with Crippen LogP contribution in [0.3, 0.4) is 0 Å². The third-order valence-electron chi connectivity index (χ3n) is 3.79. The molecule has 2 N–H and O–H groups in total. The standard InChI is InChI=1S/C22H22O6/c1-26-20-10-6-15(12-19(20)25)4-8-17(23)14-18(24)9-5-16-7-11-21(27-2)22(13-16)28-3/h4-14,23,25H,1-3H3/b8-4+,9-5+,17-14-. The lowest BCUT2D eigenvalue weighted by atomic mass is 10.1. The lowest BCUT2D eigenvalue weighted by Gasteiger charge is -2.07. The van der Waals surface area contributed by atoms with Gasteiger partial charge in [-0.05, 0) is 47.5 Å². The molecule has 0 amide bonds. The van der Waals surface area contributed by atoms with Gasteiger partial charge in [-0.2, -0.15) is 0 Å². The van der Waals surface area contributed by atoms with Crippen molar-refractivity contribution in [3.63, 3.8) is 0 Å². The fourth-order valence-electron chi connectivity index (χ4n) is 2.37. The normalized spacial score (nSPS) is 11.8. The van der Waals surface area contributed by atoms with E-state index in [2.05, 4.69) is 0 Å². The first-order valence-electron chi connectivity index (χ1n) is 8.36. The first kappa shape index (κ1) is 20.6. The van der Waals surface area contributed by atoms with Crippen molar-refractivity contribution in [1.82, 2.24) is 0 Å². The van der Waals surface area contributed by atoms with Crippen molar-refractivity contribution in [3.8, 4) is 23.0 Å². The summed E-state index contributed by atoms with van der Waals surface area (Å²) in [6.45, 7) is 0. The van der Waals surface area contributed by atoms with Crippen molar-refractivity contribution in [1.29, 1.82) is 0 Å². The second kappa shape index (κ2) is 9.87. The molecular formula is C22H22O6. The number of carbonyl (C=O) groups is 1. The van der Waals surface area contributed by atoms with Crippen molar-refractivity contribution < 1.29 is 29.2 Å². The van der Waals surface area contributed by atoms with Crippen LogP contribution in [0.25, 0.3) is 12.2 Å². The number of hydrogen-bond acceptors (Lipinski definition) is 6. The summed E-state index contributed by atoms with van der Waals surface area (Å²) >= 11 is 0. The molecule has 6 heteroatoms. The van der Waals surface area contributed by atoms with Gasteiger partial charge in [0.2, 0.25) is 0 Å². The quantitative estimate of drug-likeness (QED) is 0.405. The molecule has 0 aromatic heterocycles. The highest BCUT2D eigenvalue weighted by Crippen LogP contribution is 2.28. The van der Waals surface area contributed by atoms with Crippen LogP contribution in [0.15, 0.2) is 60.4 Å². The number of ether oxygens (including phenoxy) is 3. The summed E-state index contributed by atoms with van der Waals surface area (Å²) in [6.07, 6.45) is 6.97. The molecule has 0 aliphatic heterocycles. The van der Waals surface area contributed by atoms with E-state index in [1.165, 1.54) is 32.4 Å². The monoisotopic (exact) mass is 382 g/mol. The largest absolute Gasteiger partial charge is 0.508 e. The van der Waals surface area contributed by atoms with Gasteiger partial charge >= 0.3 is 0 Å². The van der Waals surface area contributed by atoms with Crippen LogP contribution in [-0.4, -0.2) is 37.3 Å². The molecule has 0 fully saturated rings. The highest BCUT2D eigenvalue weighted by atomic mass is 16.5. The van der Waals surface area contributed by atoms with Crippen LogP contribution in [0.2, 0.25) is 0 Å². The van der Waals surface area contributed by atoms with Crippen molar-refractivity contribution in [2.75, 3.05) is 21.3 Å². The molecule has 0 radical (unpaired) electrons. The maximum atomic E-state index is 12.0. The molecule has 28 heavy (non-hydrogen) atoms. The van der Waals surface area contributed by atoms with E-state index in [0.29, 0.717) is 22.8 Å². The second-order valence-electron chi connectivity index (χ2n) is 5.68. The van der Waals surface area contributed by atoms with E-state index in [1.54, 1.807) is 49.6 Å². The first-order chi connectivity index (χ1) is 13.5. The van der Waals surface area contributed by atoms with Gasteiger partial charge in [0.25, 0.3) is 0 Å². The Kier molecular flexibility index (Phi) is 7.28. The molecule has 6 nitrogen and oxygen atoms in total. The SMILES string of the molecule is COc1ccc(/C=C/C(O)=C/C(=O)/C=C/c2ccc(OC)c(OC)c2)cc1O. The zero-order valence-corrected chi connectivity index (χ0v) is 15.9. The molecular weight excluding hydrogens is 360 g/mol. The Hall–Kier alpha value is -3.67. The molecule has 0 spiro atoms. The van der Waals surface area contributed by atoms with E-state index in [4.69, 9.17) is 14.2 Å². The molecule has 0 unspecified atom stereocenters. The summed E-state index contributed by atoms with van der Waals surface area (Å²) < 4.78 is 15.3. The summed E-state index contributed by atoms with van der Waals surface area (Å²) in [5.41, 5.74) is 1.40. The summed E-state index contributed by atoms with van der Waals surface area (Å²) in [6, 6.07) is 10.1. The van der Waals surface area contributed by atoms with Gasteiger partial charge in [0.05, 0.1) is 21.3 Å². The van der Waals surface area contributed by atoms with E-state index in [0.717, 1.165) is 11.6 Å². The first-order valence-corrected chi connectivity index (χ1v) is 8.36. The molecule has 2 aromatic carbocycles. The smallest absolute Gasteiger partial charge is 0.182 e. The molecule has 0 heterocycles. The van der Waals surface area contributed by atoms with Gasteiger partial charge in [-0.25, -0.2) is 0 Å². The minimum Gasteiger partial charge on any atom is -0.508 e. The highest BCUT2D eigenvalue weighted by Gasteiger charge is 2.03. The molecule has 0 saturated carbocycles. The maximum absolute atomic E-state index is 12.0. The Labute approximate surface area is 163 Å². The van der Waals surface area contributed by atoms with Gasteiger partial charge in [-0.3, -0.25) is 4.79 Å². The lowest BCUT2D eigenvalue weighted by molar-refractivity contribution is -0.110. The molecule has 2 aromatic rings. The average Bonchev–Trinajstić information content (AvgIpc) is 2.70. The van der Waals surface area contributed by atoms with Gasteiger partial charge in [-0.15, -0.1) is 0 Å². The highest BCUT2D eigenvalue weighted by molar-refractivity contribution is 6.02. The van der Waals surface area contributed by atoms with E-state index >= 15 is 0 Å². The van der Waals surface area contributed by atoms with Crippen LogP contribution >= 0.6 is 0 Å². The number of ketones is 1. The fourth-order valence-corrected chi connectivity index (χ4v) is 2.37. The molecule has 0 aliphatic rings. The number of aromatic hydroxyl groups is 1. The van der Waals surface area contributed by atoms with E-state index in [1.807, 2.05) is 0 Å². The lowest BCUT2D eigenvalue weighted by Crippen LogP contribution is -1.91. The van der Waals surface area contributed by atoms with Crippen LogP contribution in [0.1, 0.15) is 11.1 Å². The number of phenolic OH excluding ortho intramolecular Hbond substituents is 1. The molecule has 0 aliphatic carbocycles.